The van der Waals surface area contributed by atoms with Crippen molar-refractivity contribution in [3.05, 3.63) is 35.4 Å². The van der Waals surface area contributed by atoms with Gasteiger partial charge in [0.2, 0.25) is 0 Å². The molecule has 1 N–H and O–H groups in total. The Labute approximate surface area is 120 Å². The quantitative estimate of drug-likeness (QED) is 0.907. The lowest BCUT2D eigenvalue weighted by molar-refractivity contribution is -0.0865. The maximum Gasteiger partial charge on any atom is 0.0684 e. The van der Waals surface area contributed by atoms with Gasteiger partial charge in [0.25, 0.3) is 0 Å². The summed E-state index contributed by atoms with van der Waals surface area (Å²) in [5.74, 6) is 1.25. The normalized spacial score (nSPS) is 35.6. The minimum absolute atomic E-state index is 0.441. The molecule has 3 heteroatoms. The summed E-state index contributed by atoms with van der Waals surface area (Å²) in [5.41, 5.74) is 3.04. The minimum atomic E-state index is 0.441. The number of hydrogen-bond donors (Lipinski definition) is 1. The summed E-state index contributed by atoms with van der Waals surface area (Å²) >= 11 is 0. The molecule has 4 rings (SSSR count). The van der Waals surface area contributed by atoms with E-state index in [1.807, 2.05) is 0 Å². The SMILES string of the molecule is COC[C@H]1[C@@H](NC2Cc3ccccc3C2)[C@H]2CCO[C@H]21. The van der Waals surface area contributed by atoms with Crippen LogP contribution in [0.2, 0.25) is 0 Å². The molecule has 0 unspecified atom stereocenters. The fourth-order valence-electron chi connectivity index (χ4n) is 4.42. The first-order valence-electron chi connectivity index (χ1n) is 7.80. The molecule has 4 atom stereocenters. The molecule has 0 amide bonds. The Balaban J connectivity index is 1.42. The van der Waals surface area contributed by atoms with Gasteiger partial charge in [0.05, 0.1) is 12.7 Å². The van der Waals surface area contributed by atoms with Crippen molar-refractivity contribution in [2.45, 2.75) is 37.5 Å². The van der Waals surface area contributed by atoms with Crippen LogP contribution in [0.3, 0.4) is 0 Å². The van der Waals surface area contributed by atoms with Crippen molar-refractivity contribution in [2.24, 2.45) is 11.8 Å². The Bertz CT molecular complexity index is 465. The van der Waals surface area contributed by atoms with Crippen LogP contribution in [0.15, 0.2) is 24.3 Å². The molecule has 1 heterocycles. The lowest BCUT2D eigenvalue weighted by Crippen LogP contribution is -2.63. The molecule has 0 radical (unpaired) electrons. The van der Waals surface area contributed by atoms with Crippen LogP contribution in [0.5, 0.6) is 0 Å². The Kier molecular flexibility index (Phi) is 3.29. The molecule has 3 aliphatic rings. The summed E-state index contributed by atoms with van der Waals surface area (Å²) in [6.07, 6.45) is 3.99. The van der Waals surface area contributed by atoms with Crippen LogP contribution < -0.4 is 5.32 Å². The van der Waals surface area contributed by atoms with Crippen molar-refractivity contribution >= 4 is 0 Å². The third-order valence-electron chi connectivity index (χ3n) is 5.37. The molecule has 2 fully saturated rings. The number of methoxy groups -OCH3 is 1. The van der Waals surface area contributed by atoms with Crippen molar-refractivity contribution in [3.8, 4) is 0 Å². The lowest BCUT2D eigenvalue weighted by Gasteiger charge is -2.48. The predicted octanol–water partition coefficient (Wildman–Crippen LogP) is 1.79. The highest BCUT2D eigenvalue weighted by Gasteiger charge is 2.54. The largest absolute Gasteiger partial charge is 0.384 e. The third kappa shape index (κ3) is 2.00. The first-order valence-corrected chi connectivity index (χ1v) is 7.80. The maximum absolute atomic E-state index is 5.85. The highest BCUT2D eigenvalue weighted by Crippen LogP contribution is 2.44. The van der Waals surface area contributed by atoms with Gasteiger partial charge in [-0.05, 0) is 30.4 Å². The van der Waals surface area contributed by atoms with Gasteiger partial charge < -0.3 is 14.8 Å². The van der Waals surface area contributed by atoms with E-state index in [0.29, 0.717) is 30.0 Å². The van der Waals surface area contributed by atoms with Crippen molar-refractivity contribution in [3.63, 3.8) is 0 Å². The van der Waals surface area contributed by atoms with Gasteiger partial charge >= 0.3 is 0 Å². The van der Waals surface area contributed by atoms with Gasteiger partial charge in [-0.25, -0.2) is 0 Å². The van der Waals surface area contributed by atoms with Crippen LogP contribution in [0.4, 0.5) is 0 Å². The maximum atomic E-state index is 5.85. The fourth-order valence-corrected chi connectivity index (χ4v) is 4.42. The first-order chi connectivity index (χ1) is 9.86. The van der Waals surface area contributed by atoms with E-state index >= 15 is 0 Å². The van der Waals surface area contributed by atoms with Gasteiger partial charge in [-0.1, -0.05) is 24.3 Å². The molecule has 3 nitrogen and oxygen atoms in total. The molecule has 1 aliphatic heterocycles. The Hall–Kier alpha value is -0.900. The van der Waals surface area contributed by atoms with Gasteiger partial charge in [-0.3, -0.25) is 0 Å². The number of benzene rings is 1. The topological polar surface area (TPSA) is 30.5 Å². The predicted molar refractivity (Wildman–Crippen MR) is 77.8 cm³/mol. The summed E-state index contributed by atoms with van der Waals surface area (Å²) < 4.78 is 11.2. The smallest absolute Gasteiger partial charge is 0.0684 e. The average molecular weight is 273 g/mol. The highest BCUT2D eigenvalue weighted by atomic mass is 16.5. The van der Waals surface area contributed by atoms with Gasteiger partial charge in [-0.2, -0.15) is 0 Å². The van der Waals surface area contributed by atoms with Crippen LogP contribution in [0, 0.1) is 11.8 Å². The molecule has 108 valence electrons. The van der Waals surface area contributed by atoms with Crippen LogP contribution in [-0.2, 0) is 22.3 Å². The zero-order valence-corrected chi connectivity index (χ0v) is 12.0. The molecule has 1 aromatic rings. The molecule has 2 aliphatic carbocycles. The average Bonchev–Trinajstić information content (AvgIpc) is 3.06. The number of nitrogens with one attached hydrogen (secondary N) is 1. The standard InChI is InChI=1S/C17H23NO2/c1-19-10-15-16(14-6-7-20-17(14)15)18-13-8-11-4-2-3-5-12(11)9-13/h2-5,13-18H,6-10H2,1H3/t14-,15+,16+,17-/m1/s1. The number of ether oxygens (including phenoxy) is 2. The molecule has 0 bridgehead atoms. The van der Waals surface area contributed by atoms with E-state index in [-0.39, 0.29) is 0 Å². The van der Waals surface area contributed by atoms with Gasteiger partial charge in [0.15, 0.2) is 0 Å². The zero-order chi connectivity index (χ0) is 13.5. The first kappa shape index (κ1) is 12.8. The summed E-state index contributed by atoms with van der Waals surface area (Å²) in [6, 6.07) is 10.0. The van der Waals surface area contributed by atoms with Crippen molar-refractivity contribution in [1.29, 1.82) is 0 Å². The molecule has 1 aromatic carbocycles. The van der Waals surface area contributed by atoms with E-state index in [2.05, 4.69) is 29.6 Å². The second kappa shape index (κ2) is 5.14. The molecular formula is C17H23NO2. The molecule has 20 heavy (non-hydrogen) atoms. The van der Waals surface area contributed by atoms with E-state index in [1.165, 1.54) is 30.4 Å². The number of rotatable bonds is 4. The summed E-state index contributed by atoms with van der Waals surface area (Å²) in [5, 5.41) is 3.91. The van der Waals surface area contributed by atoms with E-state index in [4.69, 9.17) is 9.47 Å². The highest BCUT2D eigenvalue weighted by molar-refractivity contribution is 5.33. The van der Waals surface area contributed by atoms with Crippen LogP contribution in [0.25, 0.3) is 0 Å². The van der Waals surface area contributed by atoms with Gasteiger partial charge in [0.1, 0.15) is 0 Å². The van der Waals surface area contributed by atoms with E-state index in [9.17, 15) is 0 Å². The zero-order valence-electron chi connectivity index (χ0n) is 12.0. The van der Waals surface area contributed by atoms with Crippen molar-refractivity contribution < 1.29 is 9.47 Å². The van der Waals surface area contributed by atoms with Crippen molar-refractivity contribution in [1.82, 2.24) is 5.32 Å². The van der Waals surface area contributed by atoms with E-state index < -0.39 is 0 Å². The van der Waals surface area contributed by atoms with E-state index in [1.54, 1.807) is 7.11 Å². The molecule has 0 spiro atoms. The lowest BCUT2D eigenvalue weighted by atomic mass is 9.67. The summed E-state index contributed by atoms with van der Waals surface area (Å²) in [6.45, 7) is 1.75. The Morgan fingerprint density at radius 2 is 2.00 bits per heavy atom. The Morgan fingerprint density at radius 1 is 1.25 bits per heavy atom. The van der Waals surface area contributed by atoms with Gasteiger partial charge in [-0.15, -0.1) is 0 Å². The van der Waals surface area contributed by atoms with Crippen LogP contribution in [-0.4, -0.2) is 38.5 Å². The molecule has 0 aromatic heterocycles. The molecule has 1 saturated heterocycles. The summed E-state index contributed by atoms with van der Waals surface area (Å²) in [4.78, 5) is 0. The molecular weight excluding hydrogens is 250 g/mol. The van der Waals surface area contributed by atoms with E-state index in [0.717, 1.165) is 13.2 Å². The van der Waals surface area contributed by atoms with Crippen LogP contribution in [0.1, 0.15) is 17.5 Å². The monoisotopic (exact) mass is 273 g/mol. The second-order valence-corrected chi connectivity index (χ2v) is 6.47. The summed E-state index contributed by atoms with van der Waals surface area (Å²) in [7, 11) is 1.80. The number of fused-ring (bicyclic) bond motifs is 2. The fraction of sp³-hybridized carbons (Fsp3) is 0.647. The second-order valence-electron chi connectivity index (χ2n) is 6.47. The molecule has 1 saturated carbocycles. The van der Waals surface area contributed by atoms with Crippen molar-refractivity contribution in [2.75, 3.05) is 20.3 Å². The van der Waals surface area contributed by atoms with Gasteiger partial charge in [0, 0.05) is 37.6 Å². The minimum Gasteiger partial charge on any atom is -0.384 e. The van der Waals surface area contributed by atoms with Crippen LogP contribution >= 0.6 is 0 Å². The number of hydrogen-bond acceptors (Lipinski definition) is 3. The third-order valence-corrected chi connectivity index (χ3v) is 5.37. The Morgan fingerprint density at radius 3 is 2.70 bits per heavy atom.